The third kappa shape index (κ3) is 2.99. The second kappa shape index (κ2) is 6.59. The number of Topliss-reactive ketones (excluding diaryl/α,β-unsaturated/α-hetero) is 1. The van der Waals surface area contributed by atoms with Crippen LogP contribution < -0.4 is 9.64 Å². The Labute approximate surface area is 170 Å². The average molecular weight is 395 g/mol. The van der Waals surface area contributed by atoms with Crippen LogP contribution in [-0.4, -0.2) is 36.2 Å². The first-order chi connectivity index (χ1) is 13.7. The maximum absolute atomic E-state index is 13.6. The molecule has 0 radical (unpaired) electrons. The summed E-state index contributed by atoms with van der Waals surface area (Å²) in [6.07, 6.45) is -1.21. The SMILES string of the molecule is COc1cccc2c1N(C(=O)OC(C)(C)C)C[C@@]1(Cc3ccccc3[C@H]1O)C2=O. The highest BCUT2D eigenvalue weighted by Crippen LogP contribution is 2.53. The van der Waals surface area contributed by atoms with Crippen molar-refractivity contribution in [2.24, 2.45) is 5.41 Å². The average Bonchev–Trinajstić information content (AvgIpc) is 2.95. The van der Waals surface area contributed by atoms with Gasteiger partial charge in [0.1, 0.15) is 11.4 Å². The number of anilines is 1. The number of carbonyl (C=O) groups excluding carboxylic acids is 2. The molecule has 6 heteroatoms. The van der Waals surface area contributed by atoms with Gasteiger partial charge in [0.15, 0.2) is 5.78 Å². The Bertz CT molecular complexity index is 993. The number of aliphatic hydroxyl groups excluding tert-OH is 1. The lowest BCUT2D eigenvalue weighted by Crippen LogP contribution is -2.53. The number of nitrogens with zero attached hydrogens (tertiary/aromatic N) is 1. The van der Waals surface area contributed by atoms with Gasteiger partial charge < -0.3 is 14.6 Å². The first-order valence-electron chi connectivity index (χ1n) is 9.66. The zero-order valence-electron chi connectivity index (χ0n) is 17.1. The molecule has 2 aromatic carbocycles. The summed E-state index contributed by atoms with van der Waals surface area (Å²) in [5.74, 6) is 0.233. The van der Waals surface area contributed by atoms with Crippen LogP contribution in [0.2, 0.25) is 0 Å². The number of hydrogen-bond acceptors (Lipinski definition) is 5. The van der Waals surface area contributed by atoms with Crippen molar-refractivity contribution in [3.63, 3.8) is 0 Å². The van der Waals surface area contributed by atoms with Gasteiger partial charge in [-0.2, -0.15) is 0 Å². The van der Waals surface area contributed by atoms with E-state index < -0.39 is 23.2 Å². The smallest absolute Gasteiger partial charge is 0.414 e. The summed E-state index contributed by atoms with van der Waals surface area (Å²) >= 11 is 0. The molecule has 1 spiro atoms. The van der Waals surface area contributed by atoms with Gasteiger partial charge in [0.2, 0.25) is 0 Å². The molecular formula is C23H25NO5. The summed E-state index contributed by atoms with van der Waals surface area (Å²) in [7, 11) is 1.50. The maximum atomic E-state index is 13.6. The van der Waals surface area contributed by atoms with Gasteiger partial charge in [-0.25, -0.2) is 4.79 Å². The number of ether oxygens (including phenoxy) is 2. The van der Waals surface area contributed by atoms with Crippen LogP contribution in [0, 0.1) is 5.41 Å². The second-order valence-corrected chi connectivity index (χ2v) is 8.69. The van der Waals surface area contributed by atoms with Gasteiger partial charge >= 0.3 is 6.09 Å². The molecule has 0 fully saturated rings. The number of rotatable bonds is 1. The normalized spacial score (nSPS) is 23.0. The summed E-state index contributed by atoms with van der Waals surface area (Å²) in [5, 5.41) is 11.2. The Morgan fingerprint density at radius 2 is 1.90 bits per heavy atom. The molecule has 0 unspecified atom stereocenters. The van der Waals surface area contributed by atoms with E-state index in [1.54, 1.807) is 39.0 Å². The summed E-state index contributed by atoms with van der Waals surface area (Å²) in [4.78, 5) is 28.2. The van der Waals surface area contributed by atoms with E-state index in [0.29, 0.717) is 23.4 Å². The molecule has 2 atom stereocenters. The van der Waals surface area contributed by atoms with Crippen molar-refractivity contribution >= 4 is 17.6 Å². The molecule has 1 aliphatic carbocycles. The number of amides is 1. The highest BCUT2D eigenvalue weighted by molar-refractivity contribution is 6.13. The molecular weight excluding hydrogens is 370 g/mol. The van der Waals surface area contributed by atoms with E-state index in [-0.39, 0.29) is 12.3 Å². The van der Waals surface area contributed by atoms with Crippen molar-refractivity contribution in [2.45, 2.75) is 38.9 Å². The molecule has 1 N–H and O–H groups in total. The van der Waals surface area contributed by atoms with Crippen molar-refractivity contribution in [3.8, 4) is 5.75 Å². The van der Waals surface area contributed by atoms with Crippen LogP contribution in [0.15, 0.2) is 42.5 Å². The van der Waals surface area contributed by atoms with E-state index in [1.165, 1.54) is 12.0 Å². The standard InChI is InChI=1S/C23H25NO5/c1-22(2,3)29-21(27)24-13-23(12-14-8-5-6-9-15(14)19(23)25)20(26)16-10-7-11-17(28-4)18(16)24/h5-11,19,25H,12-13H2,1-4H3/t19-,23-/m1/s1. The Morgan fingerprint density at radius 1 is 1.17 bits per heavy atom. The predicted molar refractivity (Wildman–Crippen MR) is 108 cm³/mol. The Morgan fingerprint density at radius 3 is 2.55 bits per heavy atom. The molecule has 6 nitrogen and oxygen atoms in total. The van der Waals surface area contributed by atoms with E-state index in [1.807, 2.05) is 24.3 Å². The molecule has 0 bridgehead atoms. The fourth-order valence-electron chi connectivity index (χ4n) is 4.37. The summed E-state index contributed by atoms with van der Waals surface area (Å²) in [6, 6.07) is 12.6. The number of aliphatic hydroxyl groups is 1. The third-order valence-electron chi connectivity index (χ3n) is 5.62. The van der Waals surface area contributed by atoms with Gasteiger partial charge in [0, 0.05) is 12.1 Å². The van der Waals surface area contributed by atoms with Gasteiger partial charge in [0.05, 0.1) is 24.3 Å². The van der Waals surface area contributed by atoms with Crippen molar-refractivity contribution < 1.29 is 24.2 Å². The number of carbonyl (C=O) groups is 2. The zero-order chi connectivity index (χ0) is 21.0. The highest BCUT2D eigenvalue weighted by Gasteiger charge is 2.56. The molecule has 152 valence electrons. The van der Waals surface area contributed by atoms with Gasteiger partial charge in [-0.15, -0.1) is 0 Å². The summed E-state index contributed by atoms with van der Waals surface area (Å²) in [6.45, 7) is 5.39. The second-order valence-electron chi connectivity index (χ2n) is 8.69. The molecule has 0 saturated carbocycles. The Hall–Kier alpha value is -2.86. The molecule has 0 saturated heterocycles. The Balaban J connectivity index is 1.86. The molecule has 0 aromatic heterocycles. The topological polar surface area (TPSA) is 76.1 Å². The number of para-hydroxylation sites is 1. The van der Waals surface area contributed by atoms with E-state index in [2.05, 4.69) is 0 Å². The van der Waals surface area contributed by atoms with Gasteiger partial charge in [-0.3, -0.25) is 9.69 Å². The van der Waals surface area contributed by atoms with Crippen LogP contribution >= 0.6 is 0 Å². The number of benzene rings is 2. The van der Waals surface area contributed by atoms with Crippen LogP contribution in [0.4, 0.5) is 10.5 Å². The summed E-state index contributed by atoms with van der Waals surface area (Å²) in [5.41, 5.74) is 0.543. The Kier molecular flexibility index (Phi) is 4.42. The maximum Gasteiger partial charge on any atom is 0.414 e. The number of hydrogen-bond donors (Lipinski definition) is 1. The van der Waals surface area contributed by atoms with E-state index in [4.69, 9.17) is 9.47 Å². The van der Waals surface area contributed by atoms with E-state index >= 15 is 0 Å². The minimum absolute atomic E-state index is 0.0178. The first-order valence-corrected chi connectivity index (χ1v) is 9.66. The zero-order valence-corrected chi connectivity index (χ0v) is 17.1. The highest BCUT2D eigenvalue weighted by atomic mass is 16.6. The minimum atomic E-state index is -1.15. The van der Waals surface area contributed by atoms with Crippen LogP contribution in [-0.2, 0) is 11.2 Å². The predicted octanol–water partition coefficient (Wildman–Crippen LogP) is 3.91. The fourth-order valence-corrected chi connectivity index (χ4v) is 4.37. The molecule has 29 heavy (non-hydrogen) atoms. The summed E-state index contributed by atoms with van der Waals surface area (Å²) < 4.78 is 11.1. The van der Waals surface area contributed by atoms with Gasteiger partial charge in [-0.05, 0) is 50.5 Å². The van der Waals surface area contributed by atoms with Crippen LogP contribution in [0.1, 0.15) is 48.4 Å². The van der Waals surface area contributed by atoms with Crippen molar-refractivity contribution in [2.75, 3.05) is 18.6 Å². The lowest BCUT2D eigenvalue weighted by Gasteiger charge is -2.42. The van der Waals surface area contributed by atoms with Crippen molar-refractivity contribution in [1.82, 2.24) is 0 Å². The number of fused-ring (bicyclic) bond motifs is 2. The molecule has 2 aliphatic rings. The number of ketones is 1. The molecule has 1 amide bonds. The van der Waals surface area contributed by atoms with E-state index in [0.717, 1.165) is 11.1 Å². The van der Waals surface area contributed by atoms with Crippen LogP contribution in [0.25, 0.3) is 0 Å². The van der Waals surface area contributed by atoms with Gasteiger partial charge in [0.25, 0.3) is 0 Å². The monoisotopic (exact) mass is 395 g/mol. The molecule has 4 rings (SSSR count). The minimum Gasteiger partial charge on any atom is -0.495 e. The number of methoxy groups -OCH3 is 1. The van der Waals surface area contributed by atoms with Crippen LogP contribution in [0.5, 0.6) is 5.75 Å². The molecule has 1 aliphatic heterocycles. The quantitative estimate of drug-likeness (QED) is 0.792. The van der Waals surface area contributed by atoms with E-state index in [9.17, 15) is 14.7 Å². The van der Waals surface area contributed by atoms with Crippen LogP contribution in [0.3, 0.4) is 0 Å². The first kappa shape index (κ1) is 19.5. The third-order valence-corrected chi connectivity index (χ3v) is 5.62. The fraction of sp³-hybridized carbons (Fsp3) is 0.391. The van der Waals surface area contributed by atoms with Gasteiger partial charge in [-0.1, -0.05) is 30.3 Å². The van der Waals surface area contributed by atoms with Crippen molar-refractivity contribution in [1.29, 1.82) is 0 Å². The van der Waals surface area contributed by atoms with Crippen molar-refractivity contribution in [3.05, 3.63) is 59.2 Å². The molecule has 1 heterocycles. The lowest BCUT2D eigenvalue weighted by atomic mass is 9.72. The molecule has 2 aromatic rings. The lowest BCUT2D eigenvalue weighted by molar-refractivity contribution is 0.0287. The largest absolute Gasteiger partial charge is 0.495 e.